The number of amides is 1. The lowest BCUT2D eigenvalue weighted by atomic mass is 10.1. The summed E-state index contributed by atoms with van der Waals surface area (Å²) in [4.78, 5) is 11.7. The molecule has 1 heterocycles. The van der Waals surface area contributed by atoms with Crippen molar-refractivity contribution in [1.82, 2.24) is 5.32 Å². The van der Waals surface area contributed by atoms with Gasteiger partial charge in [-0.05, 0) is 61.5 Å². The minimum Gasteiger partial charge on any atom is -0.465 e. The number of thiocarbonyl (C=S) groups is 1. The summed E-state index contributed by atoms with van der Waals surface area (Å²) in [6, 6.07) is 9.39. The van der Waals surface area contributed by atoms with Gasteiger partial charge in [-0.25, -0.2) is 0 Å². The van der Waals surface area contributed by atoms with E-state index < -0.39 is 0 Å². The Balaban J connectivity index is 1.92. The van der Waals surface area contributed by atoms with Crippen molar-refractivity contribution in [1.29, 1.82) is 0 Å². The van der Waals surface area contributed by atoms with Gasteiger partial charge in [0.05, 0.1) is 6.26 Å². The Labute approximate surface area is 128 Å². The second-order valence-corrected chi connectivity index (χ2v) is 4.95. The van der Waals surface area contributed by atoms with E-state index >= 15 is 0 Å². The molecule has 2 rings (SSSR count). The summed E-state index contributed by atoms with van der Waals surface area (Å²) in [6.07, 6.45) is 4.50. The molecule has 0 aliphatic heterocycles. The van der Waals surface area contributed by atoms with Crippen molar-refractivity contribution in [2.75, 3.05) is 5.32 Å². The van der Waals surface area contributed by atoms with E-state index in [2.05, 4.69) is 10.6 Å². The zero-order chi connectivity index (χ0) is 15.2. The van der Waals surface area contributed by atoms with E-state index in [0.29, 0.717) is 5.76 Å². The molecule has 5 heteroatoms. The van der Waals surface area contributed by atoms with E-state index in [0.717, 1.165) is 16.8 Å². The molecule has 0 unspecified atom stereocenters. The number of aryl methyl sites for hydroxylation is 1. The summed E-state index contributed by atoms with van der Waals surface area (Å²) in [6.45, 7) is 4.02. The highest BCUT2D eigenvalue weighted by Gasteiger charge is 2.05. The molecule has 0 aliphatic rings. The Hall–Kier alpha value is -2.40. The van der Waals surface area contributed by atoms with Crippen molar-refractivity contribution in [2.45, 2.75) is 13.8 Å². The molecule has 0 saturated carbocycles. The third-order valence-electron chi connectivity index (χ3n) is 3.03. The number of hydrogen-bond acceptors (Lipinski definition) is 3. The smallest absolute Gasteiger partial charge is 0.250 e. The molecule has 1 aromatic heterocycles. The standard InChI is InChI=1S/C16H16N2O2S/c1-11-5-3-7-14(12(11)2)17-16(21)18-15(19)9-8-13-6-4-10-20-13/h3-10H,1-2H3,(H2,17,18,19,21). The Bertz CT molecular complexity index is 676. The lowest BCUT2D eigenvalue weighted by Crippen LogP contribution is -2.33. The number of rotatable bonds is 3. The van der Waals surface area contributed by atoms with Gasteiger partial charge in [-0.2, -0.15) is 0 Å². The summed E-state index contributed by atoms with van der Waals surface area (Å²) in [5, 5.41) is 5.87. The first kappa shape index (κ1) is 15.0. The molecule has 108 valence electrons. The molecule has 1 amide bonds. The van der Waals surface area contributed by atoms with Crippen LogP contribution in [0.15, 0.2) is 47.1 Å². The topological polar surface area (TPSA) is 54.3 Å². The van der Waals surface area contributed by atoms with Crippen molar-refractivity contribution in [2.24, 2.45) is 0 Å². The second kappa shape index (κ2) is 6.85. The van der Waals surface area contributed by atoms with Crippen LogP contribution < -0.4 is 10.6 Å². The molecule has 0 aliphatic carbocycles. The Morgan fingerprint density at radius 1 is 1.24 bits per heavy atom. The largest absolute Gasteiger partial charge is 0.465 e. The normalized spacial score (nSPS) is 10.6. The van der Waals surface area contributed by atoms with Gasteiger partial charge in [0.2, 0.25) is 5.91 Å². The molecule has 4 nitrogen and oxygen atoms in total. The van der Waals surface area contributed by atoms with E-state index in [1.807, 2.05) is 32.0 Å². The fraction of sp³-hybridized carbons (Fsp3) is 0.125. The van der Waals surface area contributed by atoms with E-state index in [1.54, 1.807) is 24.5 Å². The summed E-state index contributed by atoms with van der Waals surface area (Å²) in [5.41, 5.74) is 3.14. The summed E-state index contributed by atoms with van der Waals surface area (Å²) in [7, 11) is 0. The molecule has 21 heavy (non-hydrogen) atoms. The number of carbonyl (C=O) groups is 1. The minimum absolute atomic E-state index is 0.262. The van der Waals surface area contributed by atoms with Gasteiger partial charge >= 0.3 is 0 Å². The molecular weight excluding hydrogens is 284 g/mol. The fourth-order valence-electron chi connectivity index (χ4n) is 1.74. The first-order chi connectivity index (χ1) is 10.1. The highest BCUT2D eigenvalue weighted by atomic mass is 32.1. The van der Waals surface area contributed by atoms with E-state index in [1.165, 1.54) is 6.08 Å². The molecule has 2 aromatic rings. The quantitative estimate of drug-likeness (QED) is 0.673. The number of carbonyl (C=O) groups excluding carboxylic acids is 1. The summed E-state index contributed by atoms with van der Waals surface area (Å²) in [5.74, 6) is 0.299. The number of nitrogens with one attached hydrogen (secondary N) is 2. The van der Waals surface area contributed by atoms with Crippen LogP contribution in [0.4, 0.5) is 5.69 Å². The lowest BCUT2D eigenvalue weighted by Gasteiger charge is -2.12. The zero-order valence-electron chi connectivity index (χ0n) is 11.8. The van der Waals surface area contributed by atoms with Crippen LogP contribution >= 0.6 is 12.2 Å². The van der Waals surface area contributed by atoms with Crippen LogP contribution in [0.1, 0.15) is 16.9 Å². The first-order valence-corrected chi connectivity index (χ1v) is 6.87. The van der Waals surface area contributed by atoms with Gasteiger partial charge in [-0.3, -0.25) is 10.1 Å². The SMILES string of the molecule is Cc1cccc(NC(=S)NC(=O)C=Cc2ccco2)c1C. The average molecular weight is 300 g/mol. The van der Waals surface area contributed by atoms with Gasteiger partial charge in [0.15, 0.2) is 5.11 Å². The van der Waals surface area contributed by atoms with Crippen LogP contribution in [0.3, 0.4) is 0 Å². The summed E-state index contributed by atoms with van der Waals surface area (Å²) >= 11 is 5.13. The van der Waals surface area contributed by atoms with Crippen LogP contribution in [-0.2, 0) is 4.79 Å². The second-order valence-electron chi connectivity index (χ2n) is 4.54. The maximum Gasteiger partial charge on any atom is 0.250 e. The fourth-order valence-corrected chi connectivity index (χ4v) is 1.95. The molecule has 2 N–H and O–H groups in total. The van der Waals surface area contributed by atoms with Crippen molar-refractivity contribution in [3.8, 4) is 0 Å². The van der Waals surface area contributed by atoms with E-state index in [9.17, 15) is 4.79 Å². The molecule has 1 aromatic carbocycles. The van der Waals surface area contributed by atoms with Gasteiger partial charge in [0.25, 0.3) is 0 Å². The Morgan fingerprint density at radius 2 is 2.05 bits per heavy atom. The van der Waals surface area contributed by atoms with Crippen LogP contribution in [0.25, 0.3) is 6.08 Å². The summed E-state index contributed by atoms with van der Waals surface area (Å²) < 4.78 is 5.10. The van der Waals surface area contributed by atoms with Crippen LogP contribution in [0, 0.1) is 13.8 Å². The van der Waals surface area contributed by atoms with E-state index in [4.69, 9.17) is 16.6 Å². The molecule has 0 radical (unpaired) electrons. The predicted octanol–water partition coefficient (Wildman–Crippen LogP) is 3.42. The van der Waals surface area contributed by atoms with Crippen LogP contribution in [0.2, 0.25) is 0 Å². The number of anilines is 1. The minimum atomic E-state index is -0.311. The molecular formula is C16H16N2O2S. The first-order valence-electron chi connectivity index (χ1n) is 6.46. The van der Waals surface area contributed by atoms with E-state index in [-0.39, 0.29) is 11.0 Å². The van der Waals surface area contributed by atoms with Crippen molar-refractivity contribution < 1.29 is 9.21 Å². The third kappa shape index (κ3) is 4.29. The lowest BCUT2D eigenvalue weighted by molar-refractivity contribution is -0.115. The number of benzene rings is 1. The molecule has 0 saturated heterocycles. The Morgan fingerprint density at radius 3 is 2.76 bits per heavy atom. The predicted molar refractivity (Wildman–Crippen MR) is 88.0 cm³/mol. The van der Waals surface area contributed by atoms with Crippen molar-refractivity contribution in [3.63, 3.8) is 0 Å². The molecule has 0 spiro atoms. The van der Waals surface area contributed by atoms with Gasteiger partial charge < -0.3 is 9.73 Å². The van der Waals surface area contributed by atoms with Crippen molar-refractivity contribution in [3.05, 3.63) is 59.6 Å². The average Bonchev–Trinajstić information content (AvgIpc) is 2.95. The Kier molecular flexibility index (Phi) is 4.90. The maximum absolute atomic E-state index is 11.7. The van der Waals surface area contributed by atoms with Crippen molar-refractivity contribution >= 4 is 35.0 Å². The van der Waals surface area contributed by atoms with Gasteiger partial charge in [0, 0.05) is 11.8 Å². The van der Waals surface area contributed by atoms with Gasteiger partial charge in [-0.15, -0.1) is 0 Å². The molecule has 0 fully saturated rings. The van der Waals surface area contributed by atoms with Crippen LogP contribution in [-0.4, -0.2) is 11.0 Å². The maximum atomic E-state index is 11.7. The highest BCUT2D eigenvalue weighted by molar-refractivity contribution is 7.80. The van der Waals surface area contributed by atoms with Crippen LogP contribution in [0.5, 0.6) is 0 Å². The highest BCUT2D eigenvalue weighted by Crippen LogP contribution is 2.17. The molecule has 0 atom stereocenters. The van der Waals surface area contributed by atoms with Gasteiger partial charge in [0.1, 0.15) is 5.76 Å². The number of hydrogen-bond donors (Lipinski definition) is 2. The molecule has 0 bridgehead atoms. The zero-order valence-corrected chi connectivity index (χ0v) is 12.7. The monoisotopic (exact) mass is 300 g/mol. The van der Waals surface area contributed by atoms with Gasteiger partial charge in [-0.1, -0.05) is 12.1 Å². The third-order valence-corrected chi connectivity index (χ3v) is 3.24. The number of furan rings is 1.